The van der Waals surface area contributed by atoms with E-state index in [2.05, 4.69) is 44.3 Å². The predicted octanol–water partition coefficient (Wildman–Crippen LogP) is 4.64. The van der Waals surface area contributed by atoms with Crippen molar-refractivity contribution in [3.63, 3.8) is 0 Å². The third-order valence-corrected chi connectivity index (χ3v) is 3.99. The highest BCUT2D eigenvalue weighted by molar-refractivity contribution is 5.33. The molecule has 1 N–H and O–H groups in total. The van der Waals surface area contributed by atoms with Gasteiger partial charge in [0.2, 0.25) is 0 Å². The van der Waals surface area contributed by atoms with Crippen molar-refractivity contribution in [1.29, 1.82) is 0 Å². The van der Waals surface area contributed by atoms with Crippen LogP contribution < -0.4 is 5.32 Å². The maximum atomic E-state index is 14.1. The summed E-state index contributed by atoms with van der Waals surface area (Å²) in [6.07, 6.45) is 0.801. The van der Waals surface area contributed by atoms with E-state index in [0.717, 1.165) is 24.1 Å². The molecule has 0 spiro atoms. The van der Waals surface area contributed by atoms with Gasteiger partial charge in [0.25, 0.3) is 0 Å². The van der Waals surface area contributed by atoms with Gasteiger partial charge in [-0.3, -0.25) is 0 Å². The lowest BCUT2D eigenvalue weighted by Gasteiger charge is -2.20. The fourth-order valence-electron chi connectivity index (χ4n) is 2.63. The van der Waals surface area contributed by atoms with Gasteiger partial charge in [-0.25, -0.2) is 4.39 Å². The summed E-state index contributed by atoms with van der Waals surface area (Å²) in [6, 6.07) is 11.8. The van der Waals surface area contributed by atoms with Crippen molar-refractivity contribution in [2.75, 3.05) is 6.54 Å². The number of aryl methyl sites for hydroxylation is 3. The largest absolute Gasteiger partial charge is 0.310 e. The first kappa shape index (κ1) is 15.7. The fraction of sp³-hybridized carbons (Fsp3) is 0.368. The summed E-state index contributed by atoms with van der Waals surface area (Å²) >= 11 is 0. The van der Waals surface area contributed by atoms with Crippen molar-refractivity contribution in [2.24, 2.45) is 0 Å². The van der Waals surface area contributed by atoms with E-state index in [1.165, 1.54) is 16.7 Å². The van der Waals surface area contributed by atoms with Crippen LogP contribution in [0.4, 0.5) is 4.39 Å². The van der Waals surface area contributed by atoms with Gasteiger partial charge in [0.15, 0.2) is 0 Å². The first-order valence-corrected chi connectivity index (χ1v) is 7.56. The predicted molar refractivity (Wildman–Crippen MR) is 87.2 cm³/mol. The van der Waals surface area contributed by atoms with Crippen molar-refractivity contribution < 1.29 is 4.39 Å². The van der Waals surface area contributed by atoms with Crippen molar-refractivity contribution in [3.8, 4) is 0 Å². The molecule has 2 aromatic rings. The monoisotopic (exact) mass is 285 g/mol. The summed E-state index contributed by atoms with van der Waals surface area (Å²) in [6.45, 7) is 9.11. The topological polar surface area (TPSA) is 12.0 Å². The average Bonchev–Trinajstić information content (AvgIpc) is 2.45. The highest BCUT2D eigenvalue weighted by atomic mass is 19.1. The van der Waals surface area contributed by atoms with E-state index in [0.29, 0.717) is 0 Å². The van der Waals surface area contributed by atoms with Crippen LogP contribution in [0, 0.1) is 26.6 Å². The van der Waals surface area contributed by atoms with Gasteiger partial charge in [-0.15, -0.1) is 0 Å². The molecule has 0 saturated heterocycles. The molecule has 112 valence electrons. The second-order valence-electron chi connectivity index (χ2n) is 5.76. The highest BCUT2D eigenvalue weighted by Crippen LogP contribution is 2.23. The molecule has 0 heterocycles. The summed E-state index contributed by atoms with van der Waals surface area (Å²) in [5.74, 6) is -0.129. The Morgan fingerprint density at radius 1 is 1.00 bits per heavy atom. The molecule has 0 bridgehead atoms. The van der Waals surface area contributed by atoms with Crippen LogP contribution in [0.1, 0.15) is 40.8 Å². The first-order valence-electron chi connectivity index (χ1n) is 7.56. The molecule has 2 rings (SSSR count). The zero-order valence-corrected chi connectivity index (χ0v) is 13.3. The van der Waals surface area contributed by atoms with Crippen LogP contribution >= 0.6 is 0 Å². The van der Waals surface area contributed by atoms with Crippen LogP contribution in [0.25, 0.3) is 0 Å². The van der Waals surface area contributed by atoms with Crippen LogP contribution in [0.15, 0.2) is 36.4 Å². The van der Waals surface area contributed by atoms with Gasteiger partial charge in [-0.2, -0.15) is 0 Å². The molecular weight excluding hydrogens is 261 g/mol. The molecule has 0 amide bonds. The summed E-state index contributed by atoms with van der Waals surface area (Å²) in [5, 5.41) is 3.41. The molecule has 1 atom stereocenters. The van der Waals surface area contributed by atoms with Crippen LogP contribution in [-0.2, 0) is 6.42 Å². The molecule has 0 saturated carbocycles. The maximum absolute atomic E-state index is 14.1. The minimum atomic E-state index is -0.129. The molecule has 2 aromatic carbocycles. The van der Waals surface area contributed by atoms with Gasteiger partial charge < -0.3 is 5.32 Å². The highest BCUT2D eigenvalue weighted by Gasteiger charge is 2.16. The normalized spacial score (nSPS) is 12.4. The molecule has 0 aliphatic rings. The van der Waals surface area contributed by atoms with E-state index >= 15 is 0 Å². The zero-order chi connectivity index (χ0) is 15.4. The smallest absolute Gasteiger partial charge is 0.128 e. The van der Waals surface area contributed by atoms with Crippen molar-refractivity contribution in [2.45, 2.75) is 40.2 Å². The Kier molecular flexibility index (Phi) is 5.13. The minimum Gasteiger partial charge on any atom is -0.310 e. The second kappa shape index (κ2) is 6.86. The Labute approximate surface area is 127 Å². The van der Waals surface area contributed by atoms with Crippen LogP contribution in [0.3, 0.4) is 0 Å². The number of hydrogen-bond acceptors (Lipinski definition) is 1. The quantitative estimate of drug-likeness (QED) is 0.843. The summed E-state index contributed by atoms with van der Waals surface area (Å²) < 4.78 is 14.1. The summed E-state index contributed by atoms with van der Waals surface area (Å²) in [7, 11) is 0. The number of nitrogens with one attached hydrogen (secondary N) is 1. The third-order valence-electron chi connectivity index (χ3n) is 3.99. The van der Waals surface area contributed by atoms with E-state index in [1.54, 1.807) is 6.07 Å². The lowest BCUT2D eigenvalue weighted by Crippen LogP contribution is -2.24. The van der Waals surface area contributed by atoms with Gasteiger partial charge in [0.1, 0.15) is 5.82 Å². The van der Waals surface area contributed by atoms with Crippen LogP contribution in [0.5, 0.6) is 0 Å². The van der Waals surface area contributed by atoms with Gasteiger partial charge in [0.05, 0.1) is 0 Å². The van der Waals surface area contributed by atoms with Crippen LogP contribution in [-0.4, -0.2) is 6.54 Å². The minimum absolute atomic E-state index is 0.0111. The van der Waals surface area contributed by atoms with Crippen molar-refractivity contribution in [3.05, 3.63) is 70.0 Å². The molecular formula is C19H24FN. The fourth-order valence-corrected chi connectivity index (χ4v) is 2.63. The number of hydrogen-bond donors (Lipinski definition) is 1. The number of benzene rings is 2. The van der Waals surface area contributed by atoms with E-state index in [4.69, 9.17) is 0 Å². The molecule has 21 heavy (non-hydrogen) atoms. The molecule has 1 nitrogen and oxygen atoms in total. The molecule has 0 aliphatic carbocycles. The first-order chi connectivity index (χ1) is 10.0. The Balaban J connectivity index is 2.30. The SMILES string of the molecule is CCNC(Cc1ccc(C)c(C)c1)c1cc(C)ccc1F. The molecule has 0 aliphatic heterocycles. The Morgan fingerprint density at radius 2 is 1.76 bits per heavy atom. The zero-order valence-electron chi connectivity index (χ0n) is 13.3. The average molecular weight is 285 g/mol. The van der Waals surface area contributed by atoms with E-state index in [1.807, 2.05) is 19.1 Å². The Bertz CT molecular complexity index is 619. The van der Waals surface area contributed by atoms with Gasteiger partial charge in [-0.05, 0) is 56.5 Å². The standard InChI is InChI=1S/C19H24FN/c1-5-21-19(17-10-13(2)6-9-18(17)20)12-16-8-7-14(3)15(4)11-16/h6-11,19,21H,5,12H2,1-4H3. The molecule has 0 fully saturated rings. The number of halogens is 1. The second-order valence-corrected chi connectivity index (χ2v) is 5.76. The van der Waals surface area contributed by atoms with Crippen molar-refractivity contribution in [1.82, 2.24) is 5.32 Å². The summed E-state index contributed by atoms with van der Waals surface area (Å²) in [4.78, 5) is 0. The summed E-state index contributed by atoms with van der Waals surface area (Å²) in [5.41, 5.74) is 5.67. The van der Waals surface area contributed by atoms with Crippen LogP contribution in [0.2, 0.25) is 0 Å². The molecule has 0 aromatic heterocycles. The third kappa shape index (κ3) is 3.92. The van der Waals surface area contributed by atoms with Crippen molar-refractivity contribution >= 4 is 0 Å². The van der Waals surface area contributed by atoms with E-state index in [9.17, 15) is 4.39 Å². The molecule has 0 radical (unpaired) electrons. The van der Waals surface area contributed by atoms with Gasteiger partial charge in [0, 0.05) is 11.6 Å². The lowest BCUT2D eigenvalue weighted by atomic mass is 9.95. The number of likely N-dealkylation sites (N-methyl/N-ethyl adjacent to an activating group) is 1. The number of rotatable bonds is 5. The van der Waals surface area contributed by atoms with E-state index in [-0.39, 0.29) is 11.9 Å². The molecule has 2 heteroatoms. The van der Waals surface area contributed by atoms with E-state index < -0.39 is 0 Å². The maximum Gasteiger partial charge on any atom is 0.128 e. The van der Waals surface area contributed by atoms with Gasteiger partial charge in [-0.1, -0.05) is 42.8 Å². The Morgan fingerprint density at radius 3 is 2.43 bits per heavy atom. The van der Waals surface area contributed by atoms with Gasteiger partial charge >= 0.3 is 0 Å². The molecule has 1 unspecified atom stereocenters. The lowest BCUT2D eigenvalue weighted by molar-refractivity contribution is 0.509. The Hall–Kier alpha value is -1.67.